The molecule has 0 saturated heterocycles. The maximum absolute atomic E-state index is 10.6. The van der Waals surface area contributed by atoms with Crippen LogP contribution in [0.2, 0.25) is 0 Å². The second-order valence-corrected chi connectivity index (χ2v) is 3.96. The summed E-state index contributed by atoms with van der Waals surface area (Å²) in [5.74, 6) is 0.197. The maximum Gasteiger partial charge on any atom is 0.380 e. The van der Waals surface area contributed by atoms with Crippen molar-refractivity contribution in [2.45, 2.75) is 0 Å². The molecule has 6 heteroatoms. The molecular weight excluding hydrogens is 204 g/mol. The molecular formula is C8H8N2O3S. The standard InChI is InChI=1S/C8H8N2O3S/c9-14(11,12)13-7-2-1-6-3-4-10-8(6)5-7/h1-5,10H,(H2,9,11,12). The normalized spacial score (nSPS) is 11.8. The van der Waals surface area contributed by atoms with Crippen LogP contribution in [0.1, 0.15) is 0 Å². The van der Waals surface area contributed by atoms with Gasteiger partial charge in [0.15, 0.2) is 0 Å². The van der Waals surface area contributed by atoms with Crippen molar-refractivity contribution in [3.05, 3.63) is 30.5 Å². The van der Waals surface area contributed by atoms with E-state index in [1.165, 1.54) is 0 Å². The van der Waals surface area contributed by atoms with E-state index in [2.05, 4.69) is 9.17 Å². The quantitative estimate of drug-likeness (QED) is 0.770. The number of benzene rings is 1. The van der Waals surface area contributed by atoms with Crippen molar-refractivity contribution in [2.24, 2.45) is 5.14 Å². The molecule has 0 aliphatic heterocycles. The van der Waals surface area contributed by atoms with Gasteiger partial charge >= 0.3 is 10.3 Å². The zero-order chi connectivity index (χ0) is 10.2. The van der Waals surface area contributed by atoms with E-state index in [1.807, 2.05) is 6.07 Å². The molecule has 14 heavy (non-hydrogen) atoms. The van der Waals surface area contributed by atoms with Crippen molar-refractivity contribution in [1.29, 1.82) is 0 Å². The Kier molecular flexibility index (Phi) is 1.94. The Bertz CT molecular complexity index is 559. The highest BCUT2D eigenvalue weighted by Crippen LogP contribution is 2.19. The Labute approximate surface area is 80.7 Å². The number of fused-ring (bicyclic) bond motifs is 1. The van der Waals surface area contributed by atoms with Crippen LogP contribution in [0.25, 0.3) is 10.9 Å². The Hall–Kier alpha value is -1.53. The third kappa shape index (κ3) is 1.86. The lowest BCUT2D eigenvalue weighted by atomic mass is 10.2. The molecule has 0 bridgehead atoms. The van der Waals surface area contributed by atoms with Gasteiger partial charge in [-0.15, -0.1) is 0 Å². The maximum atomic E-state index is 10.6. The van der Waals surface area contributed by atoms with Crippen molar-refractivity contribution < 1.29 is 12.6 Å². The lowest BCUT2D eigenvalue weighted by Crippen LogP contribution is -2.18. The van der Waals surface area contributed by atoms with Crippen LogP contribution in [0.15, 0.2) is 30.5 Å². The van der Waals surface area contributed by atoms with Crippen molar-refractivity contribution in [1.82, 2.24) is 4.98 Å². The van der Waals surface area contributed by atoms with E-state index in [9.17, 15) is 8.42 Å². The number of nitrogens with two attached hydrogens (primary N) is 1. The predicted molar refractivity (Wildman–Crippen MR) is 52.0 cm³/mol. The molecule has 1 aromatic heterocycles. The van der Waals surface area contributed by atoms with Gasteiger partial charge in [-0.3, -0.25) is 0 Å². The van der Waals surface area contributed by atoms with E-state index in [4.69, 9.17) is 5.14 Å². The summed E-state index contributed by atoms with van der Waals surface area (Å²) in [4.78, 5) is 2.93. The van der Waals surface area contributed by atoms with Gasteiger partial charge in [0.1, 0.15) is 5.75 Å². The number of aromatic amines is 1. The van der Waals surface area contributed by atoms with Gasteiger partial charge in [0.05, 0.1) is 0 Å². The first-order valence-corrected chi connectivity index (χ1v) is 5.31. The van der Waals surface area contributed by atoms with Crippen LogP contribution in [0.4, 0.5) is 0 Å². The minimum absolute atomic E-state index is 0.197. The van der Waals surface area contributed by atoms with E-state index in [-0.39, 0.29) is 5.75 Å². The van der Waals surface area contributed by atoms with Crippen LogP contribution in [0.5, 0.6) is 5.75 Å². The summed E-state index contributed by atoms with van der Waals surface area (Å²) >= 11 is 0. The molecule has 5 nitrogen and oxygen atoms in total. The molecule has 0 unspecified atom stereocenters. The summed E-state index contributed by atoms with van der Waals surface area (Å²) in [5.41, 5.74) is 0.797. The highest BCUT2D eigenvalue weighted by Gasteiger charge is 2.05. The van der Waals surface area contributed by atoms with Crippen LogP contribution in [-0.4, -0.2) is 13.4 Å². The van der Waals surface area contributed by atoms with Crippen LogP contribution in [0.3, 0.4) is 0 Å². The zero-order valence-electron chi connectivity index (χ0n) is 7.10. The average molecular weight is 212 g/mol. The van der Waals surface area contributed by atoms with Gasteiger partial charge in [-0.05, 0) is 23.6 Å². The largest absolute Gasteiger partial charge is 0.380 e. The number of aromatic nitrogens is 1. The van der Waals surface area contributed by atoms with Crippen molar-refractivity contribution in [2.75, 3.05) is 0 Å². The average Bonchev–Trinajstić information content (AvgIpc) is 2.47. The lowest BCUT2D eigenvalue weighted by molar-refractivity contribution is 0.488. The van der Waals surface area contributed by atoms with Crippen LogP contribution in [-0.2, 0) is 10.3 Å². The molecule has 0 saturated carbocycles. The Morgan fingerprint density at radius 3 is 2.79 bits per heavy atom. The summed E-state index contributed by atoms with van der Waals surface area (Å²) in [7, 11) is -3.94. The summed E-state index contributed by atoms with van der Waals surface area (Å²) in [6, 6.07) is 6.72. The molecule has 0 fully saturated rings. The first-order valence-electron chi connectivity index (χ1n) is 3.84. The Morgan fingerprint density at radius 2 is 2.07 bits per heavy atom. The molecule has 0 atom stereocenters. The fraction of sp³-hybridized carbons (Fsp3) is 0. The van der Waals surface area contributed by atoms with Crippen molar-refractivity contribution in [3.63, 3.8) is 0 Å². The fourth-order valence-electron chi connectivity index (χ4n) is 1.21. The number of H-pyrrole nitrogens is 1. The van der Waals surface area contributed by atoms with Crippen LogP contribution in [0, 0.1) is 0 Å². The summed E-state index contributed by atoms with van der Waals surface area (Å²) < 4.78 is 25.7. The Morgan fingerprint density at radius 1 is 1.29 bits per heavy atom. The predicted octanol–water partition coefficient (Wildman–Crippen LogP) is 0.750. The molecule has 1 aromatic carbocycles. The summed E-state index contributed by atoms with van der Waals surface area (Å²) in [6.45, 7) is 0. The van der Waals surface area contributed by atoms with Gasteiger partial charge in [0.25, 0.3) is 0 Å². The van der Waals surface area contributed by atoms with Gasteiger partial charge in [0, 0.05) is 17.8 Å². The number of rotatable bonds is 2. The highest BCUT2D eigenvalue weighted by molar-refractivity contribution is 7.84. The minimum Gasteiger partial charge on any atom is -0.371 e. The van der Waals surface area contributed by atoms with Gasteiger partial charge in [-0.25, -0.2) is 0 Å². The van der Waals surface area contributed by atoms with E-state index in [0.717, 1.165) is 10.9 Å². The lowest BCUT2D eigenvalue weighted by Gasteiger charge is -2.01. The molecule has 2 aromatic rings. The van der Waals surface area contributed by atoms with E-state index in [1.54, 1.807) is 24.4 Å². The molecule has 0 aliphatic carbocycles. The van der Waals surface area contributed by atoms with E-state index >= 15 is 0 Å². The molecule has 0 aliphatic rings. The van der Waals surface area contributed by atoms with Gasteiger partial charge in [-0.1, -0.05) is 0 Å². The molecule has 0 radical (unpaired) electrons. The van der Waals surface area contributed by atoms with Crippen molar-refractivity contribution in [3.8, 4) is 5.75 Å². The second-order valence-electron chi connectivity index (χ2n) is 2.80. The van der Waals surface area contributed by atoms with Gasteiger partial charge < -0.3 is 9.17 Å². The second kappa shape index (κ2) is 3.00. The third-order valence-corrected chi connectivity index (χ3v) is 2.16. The highest BCUT2D eigenvalue weighted by atomic mass is 32.2. The molecule has 2 rings (SSSR count). The summed E-state index contributed by atoms with van der Waals surface area (Å²) in [5, 5.41) is 5.71. The van der Waals surface area contributed by atoms with Gasteiger partial charge in [0.2, 0.25) is 0 Å². The van der Waals surface area contributed by atoms with Crippen LogP contribution >= 0.6 is 0 Å². The first-order chi connectivity index (χ1) is 6.54. The third-order valence-electron chi connectivity index (χ3n) is 1.74. The number of hydrogen-bond acceptors (Lipinski definition) is 3. The molecule has 1 heterocycles. The minimum atomic E-state index is -3.94. The molecule has 0 spiro atoms. The molecule has 74 valence electrons. The smallest absolute Gasteiger partial charge is 0.371 e. The van der Waals surface area contributed by atoms with E-state index in [0.29, 0.717) is 0 Å². The first kappa shape index (κ1) is 9.04. The SMILES string of the molecule is NS(=O)(=O)Oc1ccc2cc[nH]c2c1. The number of hydrogen-bond donors (Lipinski definition) is 2. The topological polar surface area (TPSA) is 85.2 Å². The monoisotopic (exact) mass is 212 g/mol. The summed E-state index contributed by atoms with van der Waals surface area (Å²) in [6.07, 6.45) is 1.76. The van der Waals surface area contributed by atoms with E-state index < -0.39 is 10.3 Å². The van der Waals surface area contributed by atoms with Gasteiger partial charge in [-0.2, -0.15) is 13.6 Å². The van der Waals surface area contributed by atoms with Crippen LogP contribution < -0.4 is 9.32 Å². The zero-order valence-corrected chi connectivity index (χ0v) is 7.91. The molecule has 3 N–H and O–H groups in total. The Balaban J connectivity index is 2.44. The number of nitrogens with one attached hydrogen (secondary N) is 1. The molecule has 0 amide bonds. The van der Waals surface area contributed by atoms with Crippen molar-refractivity contribution >= 4 is 21.2 Å². The fourth-order valence-corrected chi connectivity index (χ4v) is 1.58.